The Morgan fingerprint density at radius 1 is 1.00 bits per heavy atom. The summed E-state index contributed by atoms with van der Waals surface area (Å²) in [6, 6.07) is 10.2. The number of alkyl halides is 3. The van der Waals surface area contributed by atoms with E-state index in [9.17, 15) is 41.4 Å². The molecule has 4 aromatic rings. The van der Waals surface area contributed by atoms with E-state index >= 15 is 0 Å². The van der Waals surface area contributed by atoms with Gasteiger partial charge in [-0.2, -0.15) is 13.2 Å². The van der Waals surface area contributed by atoms with E-state index in [1.165, 1.54) is 17.6 Å². The summed E-state index contributed by atoms with van der Waals surface area (Å²) < 4.78 is 66.4. The zero-order valence-corrected chi connectivity index (χ0v) is 22.4. The fourth-order valence-electron chi connectivity index (χ4n) is 4.27. The van der Waals surface area contributed by atoms with Gasteiger partial charge in [-0.15, -0.1) is 0 Å². The number of carbonyl (C=O) groups is 3. The van der Waals surface area contributed by atoms with Crippen molar-refractivity contribution in [3.63, 3.8) is 0 Å². The second-order valence-electron chi connectivity index (χ2n) is 9.13. The van der Waals surface area contributed by atoms with Crippen LogP contribution in [0.1, 0.15) is 26.3 Å². The number of hydrogen-bond donors (Lipinski definition) is 3. The molecule has 0 aliphatic carbocycles. The molecule has 0 fully saturated rings. The first-order valence-electron chi connectivity index (χ1n) is 12.2. The highest BCUT2D eigenvalue weighted by atomic mass is 35.5. The molecule has 0 unspecified atom stereocenters. The van der Waals surface area contributed by atoms with E-state index in [2.05, 4.69) is 15.1 Å². The number of benzene rings is 3. The predicted molar refractivity (Wildman–Crippen MR) is 146 cm³/mol. The number of hydrogen-bond acceptors (Lipinski definition) is 4. The average molecular weight is 617 g/mol. The van der Waals surface area contributed by atoms with Gasteiger partial charge in [-0.05, 0) is 35.4 Å². The Labute approximate surface area is 244 Å². The maximum atomic E-state index is 14.7. The van der Waals surface area contributed by atoms with Crippen molar-refractivity contribution in [3.8, 4) is 11.1 Å². The highest BCUT2D eigenvalue weighted by Crippen LogP contribution is 2.36. The molecular weight excluding hydrogens is 599 g/mol. The molecule has 220 valence electrons. The summed E-state index contributed by atoms with van der Waals surface area (Å²) in [5.74, 6) is -7.59. The normalized spacial score (nSPS) is 11.9. The van der Waals surface area contributed by atoms with Crippen molar-refractivity contribution in [3.05, 3.63) is 106 Å². The van der Waals surface area contributed by atoms with Crippen LogP contribution in [0.4, 0.5) is 27.6 Å². The Kier molecular flexibility index (Phi) is 8.91. The molecule has 0 aliphatic rings. The molecule has 0 spiro atoms. The molecule has 0 aliphatic heterocycles. The van der Waals surface area contributed by atoms with Gasteiger partial charge in [0, 0.05) is 34.2 Å². The summed E-state index contributed by atoms with van der Waals surface area (Å²) in [6.45, 7) is 5.40. The lowest BCUT2D eigenvalue weighted by atomic mass is 9.95. The number of rotatable bonds is 8. The summed E-state index contributed by atoms with van der Waals surface area (Å²) in [5, 5.41) is 14.1. The molecule has 1 heterocycles. The van der Waals surface area contributed by atoms with Gasteiger partial charge >= 0.3 is 12.1 Å². The predicted octanol–water partition coefficient (Wildman–Crippen LogP) is 6.10. The monoisotopic (exact) mass is 616 g/mol. The van der Waals surface area contributed by atoms with Crippen LogP contribution in [0.25, 0.3) is 26.9 Å². The number of aliphatic carboxylic acids is 1. The molecule has 1 atom stereocenters. The van der Waals surface area contributed by atoms with E-state index in [0.29, 0.717) is 45.4 Å². The quantitative estimate of drug-likeness (QED) is 0.164. The first kappa shape index (κ1) is 30.9. The molecule has 14 heteroatoms. The molecule has 0 saturated heterocycles. The molecule has 4 rings (SSSR count). The van der Waals surface area contributed by atoms with Crippen molar-refractivity contribution in [2.45, 2.75) is 18.6 Å². The maximum Gasteiger partial charge on any atom is 0.405 e. The molecule has 0 bridgehead atoms. The number of pyridine rings is 1. The number of aromatic nitrogens is 1. The molecule has 0 radical (unpaired) electrons. The second kappa shape index (κ2) is 12.4. The van der Waals surface area contributed by atoms with E-state index < -0.39 is 59.3 Å². The number of carboxylic acid groups (broad SMARTS) is 1. The van der Waals surface area contributed by atoms with Gasteiger partial charge in [0.25, 0.3) is 11.8 Å². The highest BCUT2D eigenvalue weighted by Gasteiger charge is 2.30. The SMILES string of the molecule is [C-]#[N+]c1ccc(-c2ccc(C[C@H](NC(=O)c3c(F)cc(C(=O)NCC(F)(F)F)cc3F)C(=O)O)c3cccnc23)c(Cl)c1. The van der Waals surface area contributed by atoms with Gasteiger partial charge in [0.05, 0.1) is 12.1 Å². The third-order valence-electron chi connectivity index (χ3n) is 6.24. The van der Waals surface area contributed by atoms with E-state index in [0.717, 1.165) is 0 Å². The zero-order valence-electron chi connectivity index (χ0n) is 21.6. The van der Waals surface area contributed by atoms with Gasteiger partial charge in [-0.3, -0.25) is 14.6 Å². The van der Waals surface area contributed by atoms with Crippen LogP contribution in [0.3, 0.4) is 0 Å². The second-order valence-corrected chi connectivity index (χ2v) is 9.54. The summed E-state index contributed by atoms with van der Waals surface area (Å²) in [7, 11) is 0. The lowest BCUT2D eigenvalue weighted by molar-refractivity contribution is -0.139. The molecule has 2 amide bonds. The lowest BCUT2D eigenvalue weighted by Gasteiger charge is -2.18. The Morgan fingerprint density at radius 2 is 1.67 bits per heavy atom. The average Bonchev–Trinajstić information content (AvgIpc) is 2.95. The number of amides is 2. The first-order chi connectivity index (χ1) is 20.3. The Balaban J connectivity index is 1.61. The Hall–Kier alpha value is -5.09. The van der Waals surface area contributed by atoms with Crippen LogP contribution in [0, 0.1) is 18.2 Å². The number of carboxylic acids is 1. The van der Waals surface area contributed by atoms with Gasteiger partial charge in [-0.1, -0.05) is 41.9 Å². The summed E-state index contributed by atoms with van der Waals surface area (Å²) in [5.41, 5.74) is 0.283. The molecular formula is C29H18ClF5N4O4. The van der Waals surface area contributed by atoms with Crippen molar-refractivity contribution < 1.29 is 41.4 Å². The van der Waals surface area contributed by atoms with Crippen LogP contribution in [-0.2, 0) is 11.2 Å². The van der Waals surface area contributed by atoms with E-state index in [1.807, 2.05) is 0 Å². The number of nitrogens with one attached hydrogen (secondary N) is 2. The molecule has 3 aromatic carbocycles. The first-order valence-corrected chi connectivity index (χ1v) is 12.6. The molecule has 1 aromatic heterocycles. The molecule has 0 saturated carbocycles. The smallest absolute Gasteiger partial charge is 0.405 e. The van der Waals surface area contributed by atoms with E-state index in [4.69, 9.17) is 18.2 Å². The fourth-order valence-corrected chi connectivity index (χ4v) is 4.55. The summed E-state index contributed by atoms with van der Waals surface area (Å²) in [4.78, 5) is 44.4. The van der Waals surface area contributed by atoms with E-state index in [1.54, 1.807) is 36.4 Å². The van der Waals surface area contributed by atoms with Gasteiger partial charge in [-0.25, -0.2) is 18.4 Å². The van der Waals surface area contributed by atoms with Crippen molar-refractivity contribution in [1.82, 2.24) is 15.6 Å². The molecule has 43 heavy (non-hydrogen) atoms. The minimum Gasteiger partial charge on any atom is -0.480 e. The van der Waals surface area contributed by atoms with Crippen molar-refractivity contribution in [2.24, 2.45) is 0 Å². The van der Waals surface area contributed by atoms with Crippen molar-refractivity contribution in [2.75, 3.05) is 6.54 Å². The van der Waals surface area contributed by atoms with Crippen LogP contribution in [0.15, 0.2) is 60.8 Å². The Bertz CT molecular complexity index is 1780. The lowest BCUT2D eigenvalue weighted by Crippen LogP contribution is -2.43. The van der Waals surface area contributed by atoms with Crippen LogP contribution in [0.5, 0.6) is 0 Å². The minimum absolute atomic E-state index is 0.289. The van der Waals surface area contributed by atoms with Gasteiger partial charge in [0.1, 0.15) is 29.8 Å². The van der Waals surface area contributed by atoms with Crippen LogP contribution in [-0.4, -0.2) is 46.6 Å². The standard InChI is InChI=1S/C29H18ClF5N4O4/c1-36-16-5-7-18(20(30)12-16)19-6-4-14(17-3-2-8-37-25(17)19)11-23(28(42)43)39-27(41)24-21(31)9-15(10-22(24)32)26(40)38-13-29(33,34)35/h2-10,12,23H,11,13H2,(H,38,40)(H,39,41)(H,42,43)/t23-/m0/s1. The molecule has 8 nitrogen and oxygen atoms in total. The molecule has 3 N–H and O–H groups in total. The number of carbonyl (C=O) groups excluding carboxylic acids is 2. The third kappa shape index (κ3) is 7.04. The van der Waals surface area contributed by atoms with Crippen molar-refractivity contribution >= 4 is 46.0 Å². The largest absolute Gasteiger partial charge is 0.480 e. The zero-order chi connectivity index (χ0) is 31.5. The van der Waals surface area contributed by atoms with Crippen LogP contribution < -0.4 is 10.6 Å². The fraction of sp³-hybridized carbons (Fsp3) is 0.138. The number of nitrogens with zero attached hydrogens (tertiary/aromatic N) is 2. The third-order valence-corrected chi connectivity index (χ3v) is 6.55. The topological polar surface area (TPSA) is 113 Å². The van der Waals surface area contributed by atoms with Crippen LogP contribution in [0.2, 0.25) is 5.02 Å². The van der Waals surface area contributed by atoms with E-state index in [-0.39, 0.29) is 11.4 Å². The Morgan fingerprint density at radius 3 is 2.28 bits per heavy atom. The van der Waals surface area contributed by atoms with Gasteiger partial charge in [0.15, 0.2) is 5.69 Å². The van der Waals surface area contributed by atoms with Crippen LogP contribution >= 0.6 is 11.6 Å². The number of halogens is 6. The van der Waals surface area contributed by atoms with Gasteiger partial charge in [0.2, 0.25) is 0 Å². The number of fused-ring (bicyclic) bond motifs is 1. The maximum absolute atomic E-state index is 14.7. The summed E-state index contributed by atoms with van der Waals surface area (Å²) in [6.07, 6.45) is -3.60. The van der Waals surface area contributed by atoms with Crippen molar-refractivity contribution in [1.29, 1.82) is 0 Å². The summed E-state index contributed by atoms with van der Waals surface area (Å²) >= 11 is 6.39. The van der Waals surface area contributed by atoms with Gasteiger partial charge < -0.3 is 15.7 Å². The minimum atomic E-state index is -4.77. The highest BCUT2D eigenvalue weighted by molar-refractivity contribution is 6.34.